The summed E-state index contributed by atoms with van der Waals surface area (Å²) in [5.41, 5.74) is 6.34. The van der Waals surface area contributed by atoms with Gasteiger partial charge >= 0.3 is 0 Å². The maximum absolute atomic E-state index is 11.8. The van der Waals surface area contributed by atoms with Gasteiger partial charge in [0.25, 0.3) is 11.5 Å². The van der Waals surface area contributed by atoms with E-state index in [1.807, 2.05) is 13.8 Å². The highest BCUT2D eigenvalue weighted by molar-refractivity contribution is 5.43. The minimum atomic E-state index is -0.310. The number of hydrogen-bond acceptors (Lipinski definition) is 4. The van der Waals surface area contributed by atoms with Crippen LogP contribution < -0.4 is 11.3 Å². The zero-order valence-electron chi connectivity index (χ0n) is 9.14. The van der Waals surface area contributed by atoms with E-state index >= 15 is 0 Å². The second-order valence-electron chi connectivity index (χ2n) is 3.78. The second kappa shape index (κ2) is 3.80. The number of nitrogen functional groups attached to an aromatic ring is 1. The Balaban J connectivity index is 2.60. The van der Waals surface area contributed by atoms with Gasteiger partial charge in [-0.05, 0) is 12.0 Å². The molecule has 0 aliphatic rings. The third-order valence-corrected chi connectivity index (χ3v) is 2.29. The number of nitrogens with two attached hydrogens (primary N) is 1. The molecule has 6 nitrogen and oxygen atoms in total. The van der Waals surface area contributed by atoms with E-state index in [1.54, 1.807) is 18.5 Å². The number of aromatic nitrogens is 4. The summed E-state index contributed by atoms with van der Waals surface area (Å²) in [5.74, 6) is 0.448. The molecule has 6 heteroatoms. The first-order valence-electron chi connectivity index (χ1n) is 4.99. The lowest BCUT2D eigenvalue weighted by molar-refractivity contribution is 0.731. The van der Waals surface area contributed by atoms with Gasteiger partial charge in [0.2, 0.25) is 0 Å². The zero-order valence-corrected chi connectivity index (χ0v) is 9.14. The van der Waals surface area contributed by atoms with Crippen molar-refractivity contribution in [1.82, 2.24) is 19.7 Å². The van der Waals surface area contributed by atoms with Gasteiger partial charge in [-0.25, -0.2) is 9.97 Å². The predicted molar refractivity (Wildman–Crippen MR) is 60.5 cm³/mol. The van der Waals surface area contributed by atoms with Crippen LogP contribution in [-0.2, 0) is 0 Å². The Bertz CT molecular complexity index is 540. The molecule has 0 aliphatic heterocycles. The molecule has 0 spiro atoms. The molecule has 0 aliphatic carbocycles. The van der Waals surface area contributed by atoms with Gasteiger partial charge in [0.1, 0.15) is 5.69 Å². The zero-order chi connectivity index (χ0) is 11.7. The molecule has 0 amide bonds. The van der Waals surface area contributed by atoms with Crippen LogP contribution in [0.3, 0.4) is 0 Å². The molecule has 0 saturated heterocycles. The highest BCUT2D eigenvalue weighted by Crippen LogP contribution is 2.16. The molecule has 0 bridgehead atoms. The molecule has 16 heavy (non-hydrogen) atoms. The fourth-order valence-corrected chi connectivity index (χ4v) is 1.45. The van der Waals surface area contributed by atoms with Gasteiger partial charge in [0.15, 0.2) is 0 Å². The Labute approximate surface area is 92.1 Å². The van der Waals surface area contributed by atoms with E-state index < -0.39 is 0 Å². The maximum Gasteiger partial charge on any atom is 0.297 e. The largest absolute Gasteiger partial charge is 0.393 e. The summed E-state index contributed by atoms with van der Waals surface area (Å²) >= 11 is 0. The Morgan fingerprint density at radius 1 is 1.38 bits per heavy atom. The van der Waals surface area contributed by atoms with Crippen LogP contribution in [0, 0.1) is 0 Å². The lowest BCUT2D eigenvalue weighted by atomic mass is 10.1. The van der Waals surface area contributed by atoms with Crippen molar-refractivity contribution in [3.05, 3.63) is 34.5 Å². The first-order chi connectivity index (χ1) is 7.61. The number of hydrogen-bond donors (Lipinski definition) is 2. The monoisotopic (exact) mass is 219 g/mol. The number of aromatic amines is 1. The summed E-state index contributed by atoms with van der Waals surface area (Å²) in [6.07, 6.45) is 3.14. The maximum atomic E-state index is 11.8. The smallest absolute Gasteiger partial charge is 0.297 e. The van der Waals surface area contributed by atoms with Crippen LogP contribution in [0.4, 0.5) is 5.69 Å². The van der Waals surface area contributed by atoms with E-state index in [9.17, 15) is 4.79 Å². The van der Waals surface area contributed by atoms with Crippen LogP contribution in [0.5, 0.6) is 0 Å². The van der Waals surface area contributed by atoms with E-state index in [0.717, 1.165) is 0 Å². The molecule has 2 rings (SSSR count). The lowest BCUT2D eigenvalue weighted by Crippen LogP contribution is -2.18. The summed E-state index contributed by atoms with van der Waals surface area (Å²) < 4.78 is 1.25. The molecule has 0 unspecified atom stereocenters. The minimum Gasteiger partial charge on any atom is -0.393 e. The van der Waals surface area contributed by atoms with Crippen molar-refractivity contribution in [2.45, 2.75) is 19.8 Å². The molecular formula is C10H13N5O. The first kappa shape index (κ1) is 10.4. The molecule has 0 fully saturated rings. The quantitative estimate of drug-likeness (QED) is 0.776. The van der Waals surface area contributed by atoms with Crippen molar-refractivity contribution >= 4 is 5.69 Å². The molecule has 2 aromatic heterocycles. The predicted octanol–water partition coefficient (Wildman–Crippen LogP) is 0.661. The summed E-state index contributed by atoms with van der Waals surface area (Å²) in [4.78, 5) is 19.8. The van der Waals surface area contributed by atoms with Crippen molar-refractivity contribution in [2.75, 3.05) is 5.73 Å². The van der Waals surface area contributed by atoms with E-state index in [4.69, 9.17) is 5.73 Å². The molecule has 2 heterocycles. The number of H-pyrrole nitrogens is 1. The number of nitrogens with zero attached hydrogens (tertiary/aromatic N) is 3. The average Bonchev–Trinajstić information content (AvgIpc) is 2.58. The Kier molecular flexibility index (Phi) is 2.47. The molecule has 0 radical (unpaired) electrons. The number of rotatable bonds is 2. The van der Waals surface area contributed by atoms with Crippen molar-refractivity contribution in [2.24, 2.45) is 0 Å². The van der Waals surface area contributed by atoms with E-state index in [2.05, 4.69) is 15.1 Å². The van der Waals surface area contributed by atoms with Crippen LogP contribution in [-0.4, -0.2) is 19.7 Å². The van der Waals surface area contributed by atoms with Crippen LogP contribution in [0.1, 0.15) is 25.5 Å². The first-order valence-corrected chi connectivity index (χ1v) is 4.99. The van der Waals surface area contributed by atoms with Gasteiger partial charge in [-0.3, -0.25) is 9.89 Å². The SMILES string of the molecule is CC(C)c1[nH]n(-c2ncccn2)c(=O)c1N. The third kappa shape index (κ3) is 1.58. The number of nitrogens with one attached hydrogen (secondary N) is 1. The molecule has 0 saturated carbocycles. The van der Waals surface area contributed by atoms with Gasteiger partial charge in [-0.2, -0.15) is 4.68 Å². The number of anilines is 1. The van der Waals surface area contributed by atoms with Crippen molar-refractivity contribution in [3.63, 3.8) is 0 Å². The Morgan fingerprint density at radius 3 is 2.50 bits per heavy atom. The summed E-state index contributed by atoms with van der Waals surface area (Å²) in [7, 11) is 0. The van der Waals surface area contributed by atoms with Gasteiger partial charge in [0, 0.05) is 12.4 Å². The topological polar surface area (TPSA) is 89.6 Å². The lowest BCUT2D eigenvalue weighted by Gasteiger charge is -2.01. The van der Waals surface area contributed by atoms with E-state index in [1.165, 1.54) is 4.68 Å². The van der Waals surface area contributed by atoms with Crippen LogP contribution in [0.25, 0.3) is 5.95 Å². The Hall–Kier alpha value is -2.11. The summed E-state index contributed by atoms with van der Waals surface area (Å²) in [6.45, 7) is 3.91. The Morgan fingerprint density at radius 2 is 2.00 bits per heavy atom. The van der Waals surface area contributed by atoms with E-state index in [-0.39, 0.29) is 17.2 Å². The molecule has 2 aromatic rings. The molecule has 84 valence electrons. The van der Waals surface area contributed by atoms with E-state index in [0.29, 0.717) is 11.6 Å². The van der Waals surface area contributed by atoms with Crippen molar-refractivity contribution < 1.29 is 0 Å². The minimum absolute atomic E-state index is 0.151. The molecule has 0 aromatic carbocycles. The normalized spacial score (nSPS) is 10.9. The van der Waals surface area contributed by atoms with Gasteiger partial charge in [0.05, 0.1) is 5.69 Å². The third-order valence-electron chi connectivity index (χ3n) is 2.29. The van der Waals surface area contributed by atoms with Crippen LogP contribution in [0.2, 0.25) is 0 Å². The highest BCUT2D eigenvalue weighted by atomic mass is 16.1. The van der Waals surface area contributed by atoms with Crippen LogP contribution >= 0.6 is 0 Å². The molecule has 0 atom stereocenters. The fraction of sp³-hybridized carbons (Fsp3) is 0.300. The van der Waals surface area contributed by atoms with Gasteiger partial charge in [-0.1, -0.05) is 13.8 Å². The molecule has 3 N–H and O–H groups in total. The second-order valence-corrected chi connectivity index (χ2v) is 3.78. The van der Waals surface area contributed by atoms with Gasteiger partial charge in [-0.15, -0.1) is 0 Å². The fourth-order valence-electron chi connectivity index (χ4n) is 1.45. The summed E-state index contributed by atoms with van der Waals surface area (Å²) in [5, 5.41) is 2.92. The standard InChI is InChI=1S/C10H13N5O/c1-6(2)8-7(11)9(16)15(14-8)10-12-4-3-5-13-10/h3-6,14H,11H2,1-2H3. The molecular weight excluding hydrogens is 206 g/mol. The highest BCUT2D eigenvalue weighted by Gasteiger charge is 2.15. The summed E-state index contributed by atoms with van der Waals surface area (Å²) in [6, 6.07) is 1.68. The van der Waals surface area contributed by atoms with Crippen LogP contribution in [0.15, 0.2) is 23.3 Å². The van der Waals surface area contributed by atoms with Crippen molar-refractivity contribution in [3.8, 4) is 5.95 Å². The average molecular weight is 219 g/mol. The van der Waals surface area contributed by atoms with Gasteiger partial charge < -0.3 is 5.73 Å². The van der Waals surface area contributed by atoms with Crippen molar-refractivity contribution in [1.29, 1.82) is 0 Å².